The van der Waals surface area contributed by atoms with Crippen molar-refractivity contribution in [3.63, 3.8) is 0 Å². The Morgan fingerprint density at radius 2 is 1.91 bits per heavy atom. The van der Waals surface area contributed by atoms with Crippen LogP contribution in [0.25, 0.3) is 0 Å². The number of aromatic nitrogens is 3. The van der Waals surface area contributed by atoms with Crippen LogP contribution in [0.2, 0.25) is 0 Å². The molecule has 122 valence electrons. The van der Waals surface area contributed by atoms with Gasteiger partial charge in [0.1, 0.15) is 5.82 Å². The number of nitrogens with zero attached hydrogens (tertiary/aromatic N) is 4. The van der Waals surface area contributed by atoms with Gasteiger partial charge in [0.25, 0.3) is 0 Å². The van der Waals surface area contributed by atoms with Crippen molar-refractivity contribution in [2.75, 3.05) is 6.54 Å². The lowest BCUT2D eigenvalue weighted by Gasteiger charge is -2.28. The minimum absolute atomic E-state index is 0.0415. The SMILES string of the molecule is O=C(Cc1ccccc1F)N1CCn2c(nnc2C(F)(F)F)C1. The molecule has 1 aromatic heterocycles. The van der Waals surface area contributed by atoms with Gasteiger partial charge in [-0.15, -0.1) is 10.2 Å². The Kier molecular flexibility index (Phi) is 3.78. The highest BCUT2D eigenvalue weighted by Crippen LogP contribution is 2.29. The van der Waals surface area contributed by atoms with Crippen molar-refractivity contribution in [2.24, 2.45) is 0 Å². The maximum atomic E-state index is 13.6. The van der Waals surface area contributed by atoms with E-state index in [1.165, 1.54) is 23.1 Å². The zero-order valence-electron chi connectivity index (χ0n) is 11.8. The highest BCUT2D eigenvalue weighted by atomic mass is 19.4. The molecule has 1 aliphatic rings. The summed E-state index contributed by atoms with van der Waals surface area (Å²) in [7, 11) is 0. The zero-order valence-corrected chi connectivity index (χ0v) is 11.8. The van der Waals surface area contributed by atoms with E-state index in [-0.39, 0.29) is 43.4 Å². The predicted octanol–water partition coefficient (Wildman–Crippen LogP) is 2.02. The van der Waals surface area contributed by atoms with E-state index < -0.39 is 17.8 Å². The van der Waals surface area contributed by atoms with Gasteiger partial charge in [0.15, 0.2) is 5.82 Å². The molecule has 0 saturated heterocycles. The van der Waals surface area contributed by atoms with Crippen LogP contribution in [0.1, 0.15) is 17.2 Å². The van der Waals surface area contributed by atoms with Gasteiger partial charge in [-0.3, -0.25) is 4.79 Å². The summed E-state index contributed by atoms with van der Waals surface area (Å²) in [5, 5.41) is 6.66. The van der Waals surface area contributed by atoms with Gasteiger partial charge >= 0.3 is 6.18 Å². The van der Waals surface area contributed by atoms with E-state index in [4.69, 9.17) is 0 Å². The van der Waals surface area contributed by atoms with Crippen LogP contribution >= 0.6 is 0 Å². The summed E-state index contributed by atoms with van der Waals surface area (Å²) in [6.45, 7) is -0.0159. The summed E-state index contributed by atoms with van der Waals surface area (Å²) in [6, 6.07) is 5.89. The van der Waals surface area contributed by atoms with Crippen molar-refractivity contribution < 1.29 is 22.4 Å². The highest BCUT2D eigenvalue weighted by molar-refractivity contribution is 5.78. The van der Waals surface area contributed by atoms with Gasteiger partial charge < -0.3 is 9.47 Å². The number of fused-ring (bicyclic) bond motifs is 1. The average molecular weight is 328 g/mol. The predicted molar refractivity (Wildman–Crippen MR) is 70.5 cm³/mol. The number of amides is 1. The molecule has 0 spiro atoms. The highest BCUT2D eigenvalue weighted by Gasteiger charge is 2.39. The van der Waals surface area contributed by atoms with Gasteiger partial charge in [-0.1, -0.05) is 18.2 Å². The number of halogens is 4. The molecule has 5 nitrogen and oxygen atoms in total. The van der Waals surface area contributed by atoms with Crippen LogP contribution in [0.15, 0.2) is 24.3 Å². The first-order chi connectivity index (χ1) is 10.9. The first-order valence-electron chi connectivity index (χ1n) is 6.86. The summed E-state index contributed by atoms with van der Waals surface area (Å²) in [4.78, 5) is 13.6. The van der Waals surface area contributed by atoms with E-state index in [9.17, 15) is 22.4 Å². The molecule has 1 aliphatic heterocycles. The molecule has 0 saturated carbocycles. The van der Waals surface area contributed by atoms with E-state index in [1.807, 2.05) is 0 Å². The molecular weight excluding hydrogens is 316 g/mol. The third-order valence-corrected chi connectivity index (χ3v) is 3.66. The third-order valence-electron chi connectivity index (χ3n) is 3.66. The average Bonchev–Trinajstić information content (AvgIpc) is 2.92. The first-order valence-corrected chi connectivity index (χ1v) is 6.86. The molecule has 0 radical (unpaired) electrons. The van der Waals surface area contributed by atoms with Gasteiger partial charge in [0, 0.05) is 13.1 Å². The van der Waals surface area contributed by atoms with E-state index in [0.717, 1.165) is 4.57 Å². The number of carbonyl (C=O) groups excluding carboxylic acids is 1. The van der Waals surface area contributed by atoms with Gasteiger partial charge in [0.05, 0.1) is 13.0 Å². The maximum Gasteiger partial charge on any atom is 0.451 e. The minimum atomic E-state index is -4.58. The lowest BCUT2D eigenvalue weighted by atomic mass is 10.1. The van der Waals surface area contributed by atoms with Crippen molar-refractivity contribution >= 4 is 5.91 Å². The topological polar surface area (TPSA) is 51.0 Å². The molecule has 3 rings (SSSR count). The molecule has 2 heterocycles. The fourth-order valence-corrected chi connectivity index (χ4v) is 2.50. The number of alkyl halides is 3. The monoisotopic (exact) mass is 328 g/mol. The summed E-state index contributed by atoms with van der Waals surface area (Å²) in [5.41, 5.74) is 0.250. The second-order valence-corrected chi connectivity index (χ2v) is 5.17. The Bertz CT molecular complexity index is 741. The molecule has 0 N–H and O–H groups in total. The number of hydrogen-bond donors (Lipinski definition) is 0. The quantitative estimate of drug-likeness (QED) is 0.793. The summed E-state index contributed by atoms with van der Waals surface area (Å²) >= 11 is 0. The third kappa shape index (κ3) is 3.03. The van der Waals surface area contributed by atoms with Crippen LogP contribution in [-0.2, 0) is 30.5 Å². The number of rotatable bonds is 2. The van der Waals surface area contributed by atoms with E-state index in [2.05, 4.69) is 10.2 Å². The van der Waals surface area contributed by atoms with Crippen LogP contribution in [0.5, 0.6) is 0 Å². The molecule has 1 aromatic carbocycles. The molecule has 2 aromatic rings. The largest absolute Gasteiger partial charge is 0.451 e. The lowest BCUT2D eigenvalue weighted by molar-refractivity contribution is -0.148. The van der Waals surface area contributed by atoms with Crippen molar-refractivity contribution in [3.8, 4) is 0 Å². The second kappa shape index (κ2) is 5.64. The molecular formula is C14H12F4N4O. The van der Waals surface area contributed by atoms with Crippen LogP contribution in [0, 0.1) is 5.82 Å². The smallest absolute Gasteiger partial charge is 0.333 e. The molecule has 0 aliphatic carbocycles. The Morgan fingerprint density at radius 1 is 1.17 bits per heavy atom. The fraction of sp³-hybridized carbons (Fsp3) is 0.357. The molecule has 23 heavy (non-hydrogen) atoms. The Hall–Kier alpha value is -2.45. The van der Waals surface area contributed by atoms with Crippen molar-refractivity contribution in [1.82, 2.24) is 19.7 Å². The normalized spacial score (nSPS) is 14.7. The Morgan fingerprint density at radius 3 is 2.61 bits per heavy atom. The Balaban J connectivity index is 1.74. The summed E-state index contributed by atoms with van der Waals surface area (Å²) in [6.07, 6.45) is -4.72. The van der Waals surface area contributed by atoms with Gasteiger partial charge in [0.2, 0.25) is 11.7 Å². The molecule has 0 bridgehead atoms. The van der Waals surface area contributed by atoms with E-state index in [1.54, 1.807) is 6.07 Å². The molecule has 1 amide bonds. The molecule has 0 unspecified atom stereocenters. The summed E-state index contributed by atoms with van der Waals surface area (Å²) < 4.78 is 52.8. The van der Waals surface area contributed by atoms with Crippen LogP contribution in [0.4, 0.5) is 17.6 Å². The maximum absolute atomic E-state index is 13.6. The standard InChI is InChI=1S/C14H12F4N4O/c15-10-4-2-1-3-9(10)7-12(23)21-5-6-22-11(8-21)19-20-13(22)14(16,17)18/h1-4H,5-8H2. The van der Waals surface area contributed by atoms with Crippen molar-refractivity contribution in [2.45, 2.75) is 25.7 Å². The minimum Gasteiger partial charge on any atom is -0.333 e. The van der Waals surface area contributed by atoms with Crippen molar-refractivity contribution in [3.05, 3.63) is 47.3 Å². The summed E-state index contributed by atoms with van der Waals surface area (Å²) in [5.74, 6) is -1.84. The van der Waals surface area contributed by atoms with Crippen LogP contribution < -0.4 is 0 Å². The first kappa shape index (κ1) is 15.4. The van der Waals surface area contributed by atoms with E-state index >= 15 is 0 Å². The zero-order chi connectivity index (χ0) is 16.6. The number of hydrogen-bond acceptors (Lipinski definition) is 3. The lowest BCUT2D eigenvalue weighted by Crippen LogP contribution is -2.40. The van der Waals surface area contributed by atoms with Crippen LogP contribution in [0.3, 0.4) is 0 Å². The molecule has 0 fully saturated rings. The number of benzene rings is 1. The number of carbonyl (C=O) groups is 1. The molecule has 0 atom stereocenters. The van der Waals surface area contributed by atoms with Crippen molar-refractivity contribution in [1.29, 1.82) is 0 Å². The van der Waals surface area contributed by atoms with Crippen LogP contribution in [-0.4, -0.2) is 32.1 Å². The molecule has 9 heteroatoms. The van der Waals surface area contributed by atoms with Gasteiger partial charge in [-0.25, -0.2) is 4.39 Å². The second-order valence-electron chi connectivity index (χ2n) is 5.17. The van der Waals surface area contributed by atoms with E-state index in [0.29, 0.717) is 0 Å². The van der Waals surface area contributed by atoms with Gasteiger partial charge in [-0.2, -0.15) is 13.2 Å². The Labute approximate surface area is 128 Å². The fourth-order valence-electron chi connectivity index (χ4n) is 2.50. The van der Waals surface area contributed by atoms with Gasteiger partial charge in [-0.05, 0) is 11.6 Å².